The number of nitrogens with two attached hydrogens (primary N) is 1. The number of hydrogen-bond donors (Lipinski definition) is 1. The summed E-state index contributed by atoms with van der Waals surface area (Å²) in [7, 11) is 0. The van der Waals surface area contributed by atoms with E-state index in [4.69, 9.17) is 10.5 Å². The van der Waals surface area contributed by atoms with Gasteiger partial charge in [0.15, 0.2) is 0 Å². The van der Waals surface area contributed by atoms with E-state index in [1.165, 1.54) is 12.1 Å². The van der Waals surface area contributed by atoms with Crippen molar-refractivity contribution in [3.8, 4) is 5.75 Å². The summed E-state index contributed by atoms with van der Waals surface area (Å²) in [5, 5.41) is 0. The van der Waals surface area contributed by atoms with E-state index < -0.39 is 0 Å². The highest BCUT2D eigenvalue weighted by atomic mass is 32.2. The van der Waals surface area contributed by atoms with Crippen molar-refractivity contribution in [2.45, 2.75) is 29.9 Å². The van der Waals surface area contributed by atoms with Gasteiger partial charge in [-0.15, -0.1) is 11.8 Å². The molecule has 1 fully saturated rings. The maximum atomic E-state index is 12.8. The van der Waals surface area contributed by atoms with Crippen LogP contribution in [0, 0.1) is 5.82 Å². The van der Waals surface area contributed by atoms with Crippen LogP contribution >= 0.6 is 11.8 Å². The second-order valence-corrected chi connectivity index (χ2v) is 6.35. The smallest absolute Gasteiger partial charge is 0.123 e. The Morgan fingerprint density at radius 2 is 1.76 bits per heavy atom. The fraction of sp³-hybridized carbons (Fsp3) is 0.294. The van der Waals surface area contributed by atoms with Crippen molar-refractivity contribution >= 4 is 11.8 Å². The fourth-order valence-corrected chi connectivity index (χ4v) is 2.88. The Labute approximate surface area is 128 Å². The van der Waals surface area contributed by atoms with Crippen molar-refractivity contribution in [1.82, 2.24) is 0 Å². The number of rotatable bonds is 6. The van der Waals surface area contributed by atoms with Crippen molar-refractivity contribution in [3.63, 3.8) is 0 Å². The van der Waals surface area contributed by atoms with E-state index in [1.807, 2.05) is 24.3 Å². The fourth-order valence-electron chi connectivity index (χ4n) is 1.98. The standard InChI is InChI=1S/C17H18FNOS/c18-13-3-9-16(10-4-13)21-11-17(19)12-1-5-14(6-2-12)20-15-7-8-15/h1-6,9-10,15,17H,7-8,11,19H2. The summed E-state index contributed by atoms with van der Waals surface area (Å²) in [4.78, 5) is 1.03. The Bertz CT molecular complexity index is 581. The Balaban J connectivity index is 1.54. The Morgan fingerprint density at radius 1 is 1.10 bits per heavy atom. The second-order valence-electron chi connectivity index (χ2n) is 5.26. The molecule has 1 aliphatic carbocycles. The highest BCUT2D eigenvalue weighted by Gasteiger charge is 2.23. The Kier molecular flexibility index (Phi) is 4.46. The molecule has 3 rings (SSSR count). The van der Waals surface area contributed by atoms with Crippen LogP contribution < -0.4 is 10.5 Å². The van der Waals surface area contributed by atoms with Gasteiger partial charge in [-0.2, -0.15) is 0 Å². The highest BCUT2D eigenvalue weighted by Crippen LogP contribution is 2.28. The third-order valence-electron chi connectivity index (χ3n) is 3.38. The molecule has 0 aromatic heterocycles. The summed E-state index contributed by atoms with van der Waals surface area (Å²) >= 11 is 1.63. The van der Waals surface area contributed by atoms with Gasteiger partial charge < -0.3 is 10.5 Å². The maximum Gasteiger partial charge on any atom is 0.123 e. The normalized spacial score (nSPS) is 15.7. The van der Waals surface area contributed by atoms with E-state index in [9.17, 15) is 4.39 Å². The van der Waals surface area contributed by atoms with Crippen LogP contribution in [0.2, 0.25) is 0 Å². The van der Waals surface area contributed by atoms with Gasteiger partial charge in [0.25, 0.3) is 0 Å². The van der Waals surface area contributed by atoms with E-state index in [0.717, 1.165) is 34.8 Å². The molecule has 0 aliphatic heterocycles. The predicted octanol–water partition coefficient (Wildman–Crippen LogP) is 4.16. The van der Waals surface area contributed by atoms with Crippen molar-refractivity contribution in [3.05, 3.63) is 59.9 Å². The molecule has 21 heavy (non-hydrogen) atoms. The predicted molar refractivity (Wildman–Crippen MR) is 84.1 cm³/mol. The third kappa shape index (κ3) is 4.22. The Morgan fingerprint density at radius 3 is 2.38 bits per heavy atom. The number of thioether (sulfide) groups is 1. The SMILES string of the molecule is NC(CSc1ccc(F)cc1)c1ccc(OC2CC2)cc1. The molecule has 2 aromatic carbocycles. The first-order valence-corrected chi connectivity index (χ1v) is 8.10. The zero-order valence-electron chi connectivity index (χ0n) is 11.7. The van der Waals surface area contributed by atoms with E-state index in [0.29, 0.717) is 6.10 Å². The monoisotopic (exact) mass is 303 g/mol. The van der Waals surface area contributed by atoms with E-state index in [1.54, 1.807) is 23.9 Å². The van der Waals surface area contributed by atoms with Gasteiger partial charge in [-0.05, 0) is 54.8 Å². The molecule has 110 valence electrons. The maximum absolute atomic E-state index is 12.8. The van der Waals surface area contributed by atoms with Crippen molar-refractivity contribution < 1.29 is 9.13 Å². The molecule has 1 unspecified atom stereocenters. The number of benzene rings is 2. The molecule has 0 heterocycles. The number of hydrogen-bond acceptors (Lipinski definition) is 3. The van der Waals surface area contributed by atoms with Crippen LogP contribution in [0.4, 0.5) is 4.39 Å². The third-order valence-corrected chi connectivity index (χ3v) is 4.51. The molecule has 1 aliphatic rings. The summed E-state index contributed by atoms with van der Waals surface area (Å²) in [6.07, 6.45) is 2.74. The van der Waals surface area contributed by atoms with Crippen LogP contribution in [0.15, 0.2) is 53.4 Å². The minimum Gasteiger partial charge on any atom is -0.490 e. The van der Waals surface area contributed by atoms with Crippen molar-refractivity contribution in [1.29, 1.82) is 0 Å². The molecule has 0 radical (unpaired) electrons. The minimum absolute atomic E-state index is 0.0463. The van der Waals surface area contributed by atoms with Gasteiger partial charge in [0.05, 0.1) is 6.10 Å². The van der Waals surface area contributed by atoms with E-state index in [-0.39, 0.29) is 11.9 Å². The lowest BCUT2D eigenvalue weighted by atomic mass is 10.1. The first-order chi connectivity index (χ1) is 10.2. The molecular formula is C17H18FNOS. The van der Waals surface area contributed by atoms with E-state index in [2.05, 4.69) is 0 Å². The van der Waals surface area contributed by atoms with Crippen molar-refractivity contribution in [2.24, 2.45) is 5.73 Å². The first-order valence-electron chi connectivity index (χ1n) is 7.11. The molecule has 2 nitrogen and oxygen atoms in total. The first kappa shape index (κ1) is 14.4. The zero-order valence-corrected chi connectivity index (χ0v) is 12.5. The Hall–Kier alpha value is -1.52. The molecule has 1 saturated carbocycles. The van der Waals surface area contributed by atoms with Crippen LogP contribution in [0.25, 0.3) is 0 Å². The van der Waals surface area contributed by atoms with Gasteiger partial charge in [0.2, 0.25) is 0 Å². The van der Waals surface area contributed by atoms with Crippen LogP contribution in [0.1, 0.15) is 24.4 Å². The average molecular weight is 303 g/mol. The van der Waals surface area contributed by atoms with Gasteiger partial charge >= 0.3 is 0 Å². The van der Waals surface area contributed by atoms with Gasteiger partial charge in [-0.1, -0.05) is 12.1 Å². The minimum atomic E-state index is -0.213. The molecule has 0 bridgehead atoms. The van der Waals surface area contributed by atoms with Crippen LogP contribution in [-0.4, -0.2) is 11.9 Å². The average Bonchev–Trinajstić information content (AvgIpc) is 3.31. The molecule has 0 spiro atoms. The van der Waals surface area contributed by atoms with E-state index >= 15 is 0 Å². The highest BCUT2D eigenvalue weighted by molar-refractivity contribution is 7.99. The number of ether oxygens (including phenoxy) is 1. The van der Waals surface area contributed by atoms with Crippen LogP contribution in [0.5, 0.6) is 5.75 Å². The summed E-state index contributed by atoms with van der Waals surface area (Å²) in [5.74, 6) is 1.46. The second kappa shape index (κ2) is 6.50. The van der Waals surface area contributed by atoms with Crippen LogP contribution in [0.3, 0.4) is 0 Å². The molecule has 0 saturated heterocycles. The van der Waals surface area contributed by atoms with Crippen molar-refractivity contribution in [2.75, 3.05) is 5.75 Å². The molecule has 2 aromatic rings. The lowest BCUT2D eigenvalue weighted by Crippen LogP contribution is -2.12. The molecule has 4 heteroatoms. The molecule has 2 N–H and O–H groups in total. The number of halogens is 1. The summed E-state index contributed by atoms with van der Waals surface area (Å²) in [6, 6.07) is 14.5. The molecular weight excluding hydrogens is 285 g/mol. The topological polar surface area (TPSA) is 35.2 Å². The summed E-state index contributed by atoms with van der Waals surface area (Å²) in [5.41, 5.74) is 7.29. The molecule has 0 amide bonds. The van der Waals surface area contributed by atoms with Gasteiger partial charge in [0.1, 0.15) is 11.6 Å². The zero-order chi connectivity index (χ0) is 14.7. The largest absolute Gasteiger partial charge is 0.490 e. The lowest BCUT2D eigenvalue weighted by Gasteiger charge is -2.13. The summed E-state index contributed by atoms with van der Waals surface area (Å²) in [6.45, 7) is 0. The van der Waals surface area contributed by atoms with Gasteiger partial charge in [-0.25, -0.2) is 4.39 Å². The summed E-state index contributed by atoms with van der Waals surface area (Å²) < 4.78 is 18.6. The molecule has 1 atom stereocenters. The lowest BCUT2D eigenvalue weighted by molar-refractivity contribution is 0.303. The quantitative estimate of drug-likeness (QED) is 0.814. The van der Waals surface area contributed by atoms with Gasteiger partial charge in [0, 0.05) is 16.7 Å². The van der Waals surface area contributed by atoms with Gasteiger partial charge in [-0.3, -0.25) is 0 Å². The van der Waals surface area contributed by atoms with Crippen LogP contribution in [-0.2, 0) is 0 Å².